The normalized spacial score (nSPS) is 21.9. The minimum atomic E-state index is -0.166. The van der Waals surface area contributed by atoms with E-state index in [2.05, 4.69) is 18.9 Å². The number of carbonyl (C=O) groups excluding carboxylic acids is 1. The molecule has 0 aromatic carbocycles. The average Bonchev–Trinajstić information content (AvgIpc) is 2.89. The van der Waals surface area contributed by atoms with Gasteiger partial charge >= 0.3 is 0 Å². The van der Waals surface area contributed by atoms with Gasteiger partial charge < -0.3 is 10.6 Å². The SMILES string of the molecule is CC.CC.CC1CCCCC1.CN1CC[C@@H](CC(N)=O)C1. The molecule has 0 spiro atoms. The molecule has 2 rings (SSSR count). The summed E-state index contributed by atoms with van der Waals surface area (Å²) in [5.41, 5.74) is 5.06. The standard InChI is InChI=1S/C7H14N2O.C7H14.2C2H6/c1-9-3-2-6(5-9)4-7(8)10;1-7-5-3-2-4-6-7;2*1-2/h6H,2-5H2,1H3,(H2,8,10);7H,2-6H2,1H3;2*1-2H3/t6-;;;/m0.../s1. The number of primary amides is 1. The van der Waals surface area contributed by atoms with Gasteiger partial charge in [-0.3, -0.25) is 4.79 Å². The Bertz CT molecular complexity index is 225. The average molecular weight is 301 g/mol. The van der Waals surface area contributed by atoms with Crippen molar-refractivity contribution in [1.29, 1.82) is 0 Å². The molecule has 2 N–H and O–H groups in total. The van der Waals surface area contributed by atoms with Gasteiger partial charge in [0.2, 0.25) is 5.91 Å². The van der Waals surface area contributed by atoms with E-state index in [1.807, 2.05) is 27.7 Å². The third-order valence-electron chi connectivity index (χ3n) is 3.87. The molecule has 128 valence electrons. The van der Waals surface area contributed by atoms with E-state index in [0.717, 1.165) is 25.4 Å². The fourth-order valence-electron chi connectivity index (χ4n) is 2.78. The Morgan fingerprint density at radius 3 is 1.86 bits per heavy atom. The highest BCUT2D eigenvalue weighted by Crippen LogP contribution is 2.22. The first kappa shape index (κ1) is 22.7. The lowest BCUT2D eigenvalue weighted by molar-refractivity contribution is -0.118. The molecular weight excluding hydrogens is 260 g/mol. The first-order chi connectivity index (χ1) is 10.1. The second kappa shape index (κ2) is 15.8. The van der Waals surface area contributed by atoms with Crippen molar-refractivity contribution in [2.24, 2.45) is 17.6 Å². The van der Waals surface area contributed by atoms with Crippen LogP contribution in [-0.4, -0.2) is 30.9 Å². The van der Waals surface area contributed by atoms with E-state index >= 15 is 0 Å². The molecule has 0 aromatic heterocycles. The van der Waals surface area contributed by atoms with E-state index in [0.29, 0.717) is 12.3 Å². The van der Waals surface area contributed by atoms with Gasteiger partial charge in [0.05, 0.1) is 0 Å². The van der Waals surface area contributed by atoms with E-state index in [1.165, 1.54) is 32.1 Å². The molecule has 21 heavy (non-hydrogen) atoms. The Balaban J connectivity index is 0. The maximum Gasteiger partial charge on any atom is 0.217 e. The molecule has 1 saturated heterocycles. The van der Waals surface area contributed by atoms with Crippen LogP contribution in [0, 0.1) is 11.8 Å². The Kier molecular flexibility index (Phi) is 17.1. The molecule has 0 aromatic rings. The maximum absolute atomic E-state index is 10.5. The number of nitrogens with zero attached hydrogens (tertiary/aromatic N) is 1. The summed E-state index contributed by atoms with van der Waals surface area (Å²) >= 11 is 0. The fourth-order valence-corrected chi connectivity index (χ4v) is 2.78. The molecule has 3 nitrogen and oxygen atoms in total. The van der Waals surface area contributed by atoms with Gasteiger partial charge in [-0.1, -0.05) is 66.7 Å². The first-order valence-electron chi connectivity index (χ1n) is 9.04. The Hall–Kier alpha value is -0.570. The monoisotopic (exact) mass is 300 g/mol. The molecule has 0 unspecified atom stereocenters. The van der Waals surface area contributed by atoms with Crippen LogP contribution in [0.3, 0.4) is 0 Å². The molecule has 0 bridgehead atoms. The summed E-state index contributed by atoms with van der Waals surface area (Å²) in [6, 6.07) is 0. The van der Waals surface area contributed by atoms with Crippen molar-refractivity contribution in [3.05, 3.63) is 0 Å². The van der Waals surface area contributed by atoms with Crippen LogP contribution in [0.4, 0.5) is 0 Å². The van der Waals surface area contributed by atoms with Gasteiger partial charge in [0, 0.05) is 13.0 Å². The largest absolute Gasteiger partial charge is 0.370 e. The minimum absolute atomic E-state index is 0.166. The van der Waals surface area contributed by atoms with Crippen LogP contribution < -0.4 is 5.73 Å². The molecule has 3 heteroatoms. The number of rotatable bonds is 2. The van der Waals surface area contributed by atoms with E-state index in [1.54, 1.807) is 0 Å². The van der Waals surface area contributed by atoms with Crippen LogP contribution in [0.5, 0.6) is 0 Å². The van der Waals surface area contributed by atoms with Gasteiger partial charge in [-0.15, -0.1) is 0 Å². The lowest BCUT2D eigenvalue weighted by atomic mass is 9.91. The quantitative estimate of drug-likeness (QED) is 0.818. The smallest absolute Gasteiger partial charge is 0.217 e. The van der Waals surface area contributed by atoms with E-state index in [9.17, 15) is 4.79 Å². The molecule has 1 aliphatic carbocycles. The number of likely N-dealkylation sites (tertiary alicyclic amines) is 1. The fraction of sp³-hybridized carbons (Fsp3) is 0.944. The molecule has 1 aliphatic heterocycles. The molecule has 1 saturated carbocycles. The van der Waals surface area contributed by atoms with Crippen molar-refractivity contribution >= 4 is 5.91 Å². The second-order valence-electron chi connectivity index (χ2n) is 5.83. The van der Waals surface area contributed by atoms with Crippen molar-refractivity contribution in [3.63, 3.8) is 0 Å². The van der Waals surface area contributed by atoms with Crippen LogP contribution in [0.15, 0.2) is 0 Å². The second-order valence-corrected chi connectivity index (χ2v) is 5.83. The lowest BCUT2D eigenvalue weighted by Crippen LogP contribution is -2.19. The summed E-state index contributed by atoms with van der Waals surface area (Å²) in [6.45, 7) is 12.5. The Morgan fingerprint density at radius 1 is 1.05 bits per heavy atom. The number of carbonyl (C=O) groups is 1. The predicted octanol–water partition coefficient (Wildman–Crippen LogP) is 4.45. The highest BCUT2D eigenvalue weighted by atomic mass is 16.1. The lowest BCUT2D eigenvalue weighted by Gasteiger charge is -2.15. The number of amides is 1. The summed E-state index contributed by atoms with van der Waals surface area (Å²) in [7, 11) is 2.07. The van der Waals surface area contributed by atoms with Crippen LogP contribution in [0.1, 0.15) is 79.6 Å². The summed E-state index contributed by atoms with van der Waals surface area (Å²) in [6.07, 6.45) is 9.12. The minimum Gasteiger partial charge on any atom is -0.370 e. The number of hydrogen-bond acceptors (Lipinski definition) is 2. The predicted molar refractivity (Wildman–Crippen MR) is 94.4 cm³/mol. The first-order valence-corrected chi connectivity index (χ1v) is 9.04. The molecule has 1 atom stereocenters. The van der Waals surface area contributed by atoms with Gasteiger partial charge in [-0.2, -0.15) is 0 Å². The number of hydrogen-bond donors (Lipinski definition) is 1. The maximum atomic E-state index is 10.5. The molecular formula is C18H40N2O. The van der Waals surface area contributed by atoms with Gasteiger partial charge in [-0.25, -0.2) is 0 Å². The van der Waals surface area contributed by atoms with E-state index < -0.39 is 0 Å². The van der Waals surface area contributed by atoms with Crippen molar-refractivity contribution in [2.45, 2.75) is 79.6 Å². The zero-order valence-corrected chi connectivity index (χ0v) is 15.5. The van der Waals surface area contributed by atoms with Gasteiger partial charge in [0.1, 0.15) is 0 Å². The van der Waals surface area contributed by atoms with Crippen LogP contribution in [0.2, 0.25) is 0 Å². The van der Waals surface area contributed by atoms with Gasteiger partial charge in [0.15, 0.2) is 0 Å². The summed E-state index contributed by atoms with van der Waals surface area (Å²) in [5.74, 6) is 1.39. The number of nitrogens with two attached hydrogens (primary N) is 1. The molecule has 2 fully saturated rings. The van der Waals surface area contributed by atoms with Crippen LogP contribution >= 0.6 is 0 Å². The molecule has 1 amide bonds. The van der Waals surface area contributed by atoms with Gasteiger partial charge in [-0.05, 0) is 31.8 Å². The molecule has 0 radical (unpaired) electrons. The van der Waals surface area contributed by atoms with Crippen molar-refractivity contribution in [2.75, 3.05) is 20.1 Å². The van der Waals surface area contributed by atoms with Crippen molar-refractivity contribution in [3.8, 4) is 0 Å². The van der Waals surface area contributed by atoms with E-state index in [4.69, 9.17) is 5.73 Å². The van der Waals surface area contributed by atoms with Crippen molar-refractivity contribution in [1.82, 2.24) is 4.90 Å². The Morgan fingerprint density at radius 2 is 1.57 bits per heavy atom. The highest BCUT2D eigenvalue weighted by molar-refractivity contribution is 5.74. The molecule has 1 heterocycles. The zero-order chi connectivity index (χ0) is 16.7. The Labute approximate surface area is 133 Å². The summed E-state index contributed by atoms with van der Waals surface area (Å²) in [4.78, 5) is 12.7. The third kappa shape index (κ3) is 14.1. The summed E-state index contributed by atoms with van der Waals surface area (Å²) < 4.78 is 0. The zero-order valence-electron chi connectivity index (χ0n) is 15.5. The van der Waals surface area contributed by atoms with Gasteiger partial charge in [0.25, 0.3) is 0 Å². The summed E-state index contributed by atoms with van der Waals surface area (Å²) in [5, 5.41) is 0. The van der Waals surface area contributed by atoms with Crippen LogP contribution in [-0.2, 0) is 4.79 Å². The van der Waals surface area contributed by atoms with E-state index in [-0.39, 0.29) is 5.91 Å². The van der Waals surface area contributed by atoms with Crippen molar-refractivity contribution < 1.29 is 4.79 Å². The highest BCUT2D eigenvalue weighted by Gasteiger charge is 2.20. The molecule has 2 aliphatic rings. The topological polar surface area (TPSA) is 46.3 Å². The third-order valence-corrected chi connectivity index (χ3v) is 3.87. The van der Waals surface area contributed by atoms with Crippen LogP contribution in [0.25, 0.3) is 0 Å².